The van der Waals surface area contributed by atoms with Crippen LogP contribution in [0.25, 0.3) is 10.8 Å². The first-order valence-electron chi connectivity index (χ1n) is 9.02. The van der Waals surface area contributed by atoms with Crippen LogP contribution in [0.15, 0.2) is 24.3 Å². The van der Waals surface area contributed by atoms with E-state index >= 15 is 0 Å². The third-order valence-corrected chi connectivity index (χ3v) is 4.18. The van der Waals surface area contributed by atoms with E-state index in [-0.39, 0.29) is 17.9 Å². The molecule has 0 radical (unpaired) electrons. The Morgan fingerprint density at radius 1 is 1.00 bits per heavy atom. The van der Waals surface area contributed by atoms with E-state index in [1.54, 1.807) is 14.0 Å². The SMILES string of the molecule is CCCCCc1c(C(=O)OCC)c(OC(C)=O)c2ccccc2c1OC. The number of benzene rings is 2. The van der Waals surface area contributed by atoms with E-state index in [4.69, 9.17) is 14.2 Å². The lowest BCUT2D eigenvalue weighted by Crippen LogP contribution is -2.15. The van der Waals surface area contributed by atoms with Crippen molar-refractivity contribution in [2.75, 3.05) is 13.7 Å². The van der Waals surface area contributed by atoms with Gasteiger partial charge < -0.3 is 14.2 Å². The maximum absolute atomic E-state index is 12.7. The van der Waals surface area contributed by atoms with Gasteiger partial charge in [0.25, 0.3) is 0 Å². The summed E-state index contributed by atoms with van der Waals surface area (Å²) in [5, 5.41) is 1.47. The highest BCUT2D eigenvalue weighted by Crippen LogP contribution is 2.42. The molecule has 140 valence electrons. The molecular weight excluding hydrogens is 332 g/mol. The van der Waals surface area contributed by atoms with Crippen molar-refractivity contribution in [3.63, 3.8) is 0 Å². The maximum atomic E-state index is 12.7. The minimum absolute atomic E-state index is 0.238. The lowest BCUT2D eigenvalue weighted by molar-refractivity contribution is -0.131. The van der Waals surface area contributed by atoms with Crippen molar-refractivity contribution in [2.45, 2.75) is 46.5 Å². The largest absolute Gasteiger partial charge is 0.496 e. The molecule has 0 fully saturated rings. The number of ether oxygens (including phenoxy) is 3. The highest BCUT2D eigenvalue weighted by molar-refractivity contribution is 6.07. The molecule has 0 amide bonds. The normalized spacial score (nSPS) is 10.6. The number of methoxy groups -OCH3 is 1. The third-order valence-electron chi connectivity index (χ3n) is 4.18. The molecule has 2 rings (SSSR count). The molecule has 5 nitrogen and oxygen atoms in total. The maximum Gasteiger partial charge on any atom is 0.342 e. The molecule has 0 N–H and O–H groups in total. The van der Waals surface area contributed by atoms with Crippen molar-refractivity contribution in [1.29, 1.82) is 0 Å². The minimum Gasteiger partial charge on any atom is -0.496 e. The first kappa shape index (κ1) is 19.8. The van der Waals surface area contributed by atoms with Crippen molar-refractivity contribution in [1.82, 2.24) is 0 Å². The van der Waals surface area contributed by atoms with Gasteiger partial charge in [0.1, 0.15) is 11.3 Å². The van der Waals surface area contributed by atoms with Gasteiger partial charge in [-0.3, -0.25) is 4.79 Å². The zero-order valence-corrected chi connectivity index (χ0v) is 15.9. The molecule has 5 heteroatoms. The van der Waals surface area contributed by atoms with Crippen LogP contribution in [0.4, 0.5) is 0 Å². The Kier molecular flexibility index (Phi) is 7.01. The van der Waals surface area contributed by atoms with Gasteiger partial charge in [-0.25, -0.2) is 4.79 Å². The van der Waals surface area contributed by atoms with Crippen LogP contribution >= 0.6 is 0 Å². The van der Waals surface area contributed by atoms with Gasteiger partial charge in [-0.1, -0.05) is 44.0 Å². The van der Waals surface area contributed by atoms with Gasteiger partial charge in [-0.2, -0.15) is 0 Å². The number of carbonyl (C=O) groups excluding carboxylic acids is 2. The monoisotopic (exact) mass is 358 g/mol. The molecule has 0 heterocycles. The van der Waals surface area contributed by atoms with Crippen LogP contribution in [-0.2, 0) is 16.0 Å². The number of unbranched alkanes of at least 4 members (excludes halogenated alkanes) is 2. The van der Waals surface area contributed by atoms with Crippen molar-refractivity contribution in [2.24, 2.45) is 0 Å². The molecular formula is C21H26O5. The number of fused-ring (bicyclic) bond motifs is 1. The highest BCUT2D eigenvalue weighted by Gasteiger charge is 2.27. The molecule has 2 aromatic rings. The summed E-state index contributed by atoms with van der Waals surface area (Å²) >= 11 is 0. The Morgan fingerprint density at radius 3 is 2.19 bits per heavy atom. The Hall–Kier alpha value is -2.56. The van der Waals surface area contributed by atoms with Gasteiger partial charge in [-0.15, -0.1) is 0 Å². The van der Waals surface area contributed by atoms with Gasteiger partial charge >= 0.3 is 11.9 Å². The molecule has 0 atom stereocenters. The molecule has 2 aromatic carbocycles. The molecule has 0 bridgehead atoms. The number of carbonyl (C=O) groups is 2. The van der Waals surface area contributed by atoms with E-state index in [9.17, 15) is 9.59 Å². The van der Waals surface area contributed by atoms with E-state index in [1.165, 1.54) is 6.92 Å². The fourth-order valence-electron chi connectivity index (χ4n) is 3.12. The summed E-state index contributed by atoms with van der Waals surface area (Å²) in [5.41, 5.74) is 1.02. The number of hydrogen-bond acceptors (Lipinski definition) is 5. The van der Waals surface area contributed by atoms with E-state index in [1.807, 2.05) is 24.3 Å². The van der Waals surface area contributed by atoms with Crippen LogP contribution in [-0.4, -0.2) is 25.7 Å². The van der Waals surface area contributed by atoms with E-state index in [0.29, 0.717) is 17.6 Å². The summed E-state index contributed by atoms with van der Waals surface area (Å²) < 4.78 is 16.4. The molecule has 26 heavy (non-hydrogen) atoms. The van der Waals surface area contributed by atoms with Gasteiger partial charge in [-0.05, 0) is 19.8 Å². The second-order valence-corrected chi connectivity index (χ2v) is 6.03. The average Bonchev–Trinajstić information content (AvgIpc) is 2.62. The Bertz CT molecular complexity index is 795. The lowest BCUT2D eigenvalue weighted by Gasteiger charge is -2.20. The van der Waals surface area contributed by atoms with Crippen LogP contribution in [0.1, 0.15) is 56.0 Å². The Balaban J connectivity index is 2.81. The summed E-state index contributed by atoms with van der Waals surface area (Å²) in [4.78, 5) is 24.5. The molecule has 0 aliphatic heterocycles. The van der Waals surface area contributed by atoms with Crippen molar-refractivity contribution in [3.8, 4) is 11.5 Å². The number of rotatable bonds is 8. The van der Waals surface area contributed by atoms with Gasteiger partial charge in [0.05, 0.1) is 13.7 Å². The van der Waals surface area contributed by atoms with E-state index < -0.39 is 11.9 Å². The van der Waals surface area contributed by atoms with Gasteiger partial charge in [0.2, 0.25) is 0 Å². The van der Waals surface area contributed by atoms with Gasteiger partial charge in [0.15, 0.2) is 5.75 Å². The van der Waals surface area contributed by atoms with Gasteiger partial charge in [0, 0.05) is 23.3 Å². The van der Waals surface area contributed by atoms with Crippen LogP contribution in [0.5, 0.6) is 11.5 Å². The smallest absolute Gasteiger partial charge is 0.342 e. The Labute approximate surface area is 154 Å². The quantitative estimate of drug-likeness (QED) is 0.389. The van der Waals surface area contributed by atoms with Crippen LogP contribution in [0.3, 0.4) is 0 Å². The molecule has 0 aliphatic rings. The minimum atomic E-state index is -0.501. The summed E-state index contributed by atoms with van der Waals surface area (Å²) in [5.74, 6) is -0.0980. The fraction of sp³-hybridized carbons (Fsp3) is 0.429. The summed E-state index contributed by atoms with van der Waals surface area (Å²) in [6, 6.07) is 7.44. The first-order valence-corrected chi connectivity index (χ1v) is 9.02. The molecule has 0 aliphatic carbocycles. The highest BCUT2D eigenvalue weighted by atomic mass is 16.5. The molecule has 0 saturated carbocycles. The molecule has 0 unspecified atom stereocenters. The zero-order valence-electron chi connectivity index (χ0n) is 15.9. The number of hydrogen-bond donors (Lipinski definition) is 0. The second-order valence-electron chi connectivity index (χ2n) is 6.03. The lowest BCUT2D eigenvalue weighted by atomic mass is 9.94. The number of esters is 2. The fourth-order valence-corrected chi connectivity index (χ4v) is 3.12. The Morgan fingerprint density at radius 2 is 1.65 bits per heavy atom. The predicted molar refractivity (Wildman–Crippen MR) is 101 cm³/mol. The predicted octanol–water partition coefficient (Wildman–Crippen LogP) is 4.68. The third kappa shape index (κ3) is 4.15. The molecule has 0 aromatic heterocycles. The first-order chi connectivity index (χ1) is 12.5. The van der Waals surface area contributed by atoms with Crippen LogP contribution in [0.2, 0.25) is 0 Å². The van der Waals surface area contributed by atoms with Crippen LogP contribution < -0.4 is 9.47 Å². The molecule has 0 spiro atoms. The van der Waals surface area contributed by atoms with E-state index in [0.717, 1.165) is 30.2 Å². The zero-order chi connectivity index (χ0) is 19.1. The van der Waals surface area contributed by atoms with Crippen LogP contribution in [0, 0.1) is 0 Å². The van der Waals surface area contributed by atoms with Crippen molar-refractivity contribution < 1.29 is 23.8 Å². The van der Waals surface area contributed by atoms with Crippen molar-refractivity contribution >= 4 is 22.7 Å². The van der Waals surface area contributed by atoms with E-state index in [2.05, 4.69) is 6.92 Å². The van der Waals surface area contributed by atoms with Crippen molar-refractivity contribution in [3.05, 3.63) is 35.4 Å². The summed E-state index contributed by atoms with van der Waals surface area (Å²) in [6.07, 6.45) is 3.63. The summed E-state index contributed by atoms with van der Waals surface area (Å²) in [7, 11) is 1.59. The standard InChI is InChI=1S/C21H26O5/c1-5-7-8-13-17-18(21(23)25-6-2)20(26-14(3)22)16-12-10-9-11-15(16)19(17)24-4/h9-12H,5-8,13H2,1-4H3. The topological polar surface area (TPSA) is 61.8 Å². The second kappa shape index (κ2) is 9.22. The molecule has 0 saturated heterocycles. The average molecular weight is 358 g/mol. The summed E-state index contributed by atoms with van der Waals surface area (Å²) in [6.45, 7) is 5.43.